The molecular weight excluding hydrogens is 334 g/mol. The smallest absolute Gasteiger partial charge is 0.360 e. The Morgan fingerprint density at radius 2 is 2.32 bits per heavy atom. The summed E-state index contributed by atoms with van der Waals surface area (Å²) >= 11 is 5.00. The van der Waals surface area contributed by atoms with Crippen LogP contribution in [0.15, 0.2) is 15.2 Å². The van der Waals surface area contributed by atoms with E-state index in [-0.39, 0.29) is 12.3 Å². The lowest BCUT2D eigenvalue weighted by molar-refractivity contribution is 0.0588. The molecule has 0 amide bonds. The Bertz CT molecular complexity index is 582. The highest BCUT2D eigenvalue weighted by atomic mass is 79.9. The molecule has 2 heterocycles. The lowest BCUT2D eigenvalue weighted by Crippen LogP contribution is -2.11. The number of carbonyl (C=O) groups excluding carboxylic acids is 1. The van der Waals surface area contributed by atoms with Crippen LogP contribution in [0.4, 0.5) is 0 Å². The van der Waals surface area contributed by atoms with Gasteiger partial charge in [0.05, 0.1) is 29.7 Å². The van der Waals surface area contributed by atoms with Crippen molar-refractivity contribution in [2.75, 3.05) is 14.2 Å². The summed E-state index contributed by atoms with van der Waals surface area (Å²) in [7, 11) is 2.87. The van der Waals surface area contributed by atoms with Gasteiger partial charge in [0, 0.05) is 7.11 Å². The van der Waals surface area contributed by atoms with Gasteiger partial charge in [-0.05, 0) is 32.9 Å². The maximum Gasteiger partial charge on any atom is 0.360 e. The second-order valence-electron chi connectivity index (χ2n) is 3.73. The van der Waals surface area contributed by atoms with Crippen molar-refractivity contribution in [1.82, 2.24) is 15.0 Å². The van der Waals surface area contributed by atoms with Gasteiger partial charge in [0.2, 0.25) is 0 Å². The van der Waals surface area contributed by atoms with Gasteiger partial charge < -0.3 is 9.47 Å². The number of thiophene rings is 1. The van der Waals surface area contributed by atoms with E-state index < -0.39 is 5.97 Å². The Labute approximate surface area is 122 Å². The molecule has 0 aliphatic carbocycles. The lowest BCUT2D eigenvalue weighted by Gasteiger charge is -2.05. The van der Waals surface area contributed by atoms with Crippen LogP contribution in [0.1, 0.15) is 21.7 Å². The van der Waals surface area contributed by atoms with Gasteiger partial charge in [0.15, 0.2) is 5.69 Å². The fourth-order valence-corrected chi connectivity index (χ4v) is 2.80. The average molecular weight is 346 g/mol. The van der Waals surface area contributed by atoms with E-state index in [0.29, 0.717) is 12.2 Å². The first-order valence-corrected chi connectivity index (χ1v) is 7.05. The van der Waals surface area contributed by atoms with E-state index in [1.807, 2.05) is 11.4 Å². The number of nitrogens with zero attached hydrogens (tertiary/aromatic N) is 3. The molecule has 0 spiro atoms. The minimum atomic E-state index is -0.509. The van der Waals surface area contributed by atoms with Gasteiger partial charge in [0.1, 0.15) is 0 Å². The number of aromatic nitrogens is 3. The number of esters is 1. The Balaban J connectivity index is 2.29. The van der Waals surface area contributed by atoms with Crippen LogP contribution in [-0.4, -0.2) is 35.2 Å². The summed E-state index contributed by atoms with van der Waals surface area (Å²) in [5.41, 5.74) is 1.88. The largest absolute Gasteiger partial charge is 0.464 e. The molecule has 0 N–H and O–H groups in total. The first-order chi connectivity index (χ1) is 9.15. The maximum atomic E-state index is 11.6. The fraction of sp³-hybridized carbons (Fsp3) is 0.364. The summed E-state index contributed by atoms with van der Waals surface area (Å²) in [6.07, 6.45) is 0. The predicted octanol–water partition coefficient (Wildman–Crippen LogP) is 2.08. The average Bonchev–Trinajstić information content (AvgIpc) is 2.97. The molecule has 8 heteroatoms. The number of hydrogen-bond donors (Lipinski definition) is 0. The number of carbonyl (C=O) groups is 1. The highest BCUT2D eigenvalue weighted by Crippen LogP contribution is 2.22. The molecule has 0 bridgehead atoms. The van der Waals surface area contributed by atoms with Gasteiger partial charge >= 0.3 is 5.97 Å². The topological polar surface area (TPSA) is 66.2 Å². The minimum Gasteiger partial charge on any atom is -0.464 e. The number of hydrogen-bond acceptors (Lipinski definition) is 6. The van der Waals surface area contributed by atoms with Gasteiger partial charge in [-0.2, -0.15) is 0 Å². The first-order valence-electron chi connectivity index (χ1n) is 5.38. The summed E-state index contributed by atoms with van der Waals surface area (Å²) in [6, 6.07) is 2.00. The Morgan fingerprint density at radius 3 is 2.89 bits per heavy atom. The van der Waals surface area contributed by atoms with Gasteiger partial charge in [-0.25, -0.2) is 9.48 Å². The second kappa shape index (κ2) is 6.27. The molecule has 0 radical (unpaired) electrons. The minimum absolute atomic E-state index is 0.193. The van der Waals surface area contributed by atoms with Crippen molar-refractivity contribution < 1.29 is 14.3 Å². The first kappa shape index (κ1) is 14.2. The summed E-state index contributed by atoms with van der Waals surface area (Å²) in [6.45, 7) is 0.785. The zero-order chi connectivity index (χ0) is 13.8. The SMILES string of the molecule is COCc1c(C(=O)OC)nnn1Cc1csc(Br)c1. The van der Waals surface area contributed by atoms with E-state index in [1.54, 1.807) is 23.1 Å². The molecule has 0 fully saturated rings. The molecule has 0 saturated carbocycles. The van der Waals surface area contributed by atoms with Crippen LogP contribution >= 0.6 is 27.3 Å². The van der Waals surface area contributed by atoms with Crippen LogP contribution in [-0.2, 0) is 22.6 Å². The van der Waals surface area contributed by atoms with Crippen LogP contribution in [0.2, 0.25) is 0 Å². The van der Waals surface area contributed by atoms with Crippen molar-refractivity contribution in [2.45, 2.75) is 13.2 Å². The predicted molar refractivity (Wildman–Crippen MR) is 73.2 cm³/mol. The number of ether oxygens (including phenoxy) is 2. The van der Waals surface area contributed by atoms with Crippen molar-refractivity contribution >= 4 is 33.2 Å². The highest BCUT2D eigenvalue weighted by molar-refractivity contribution is 9.11. The van der Waals surface area contributed by atoms with Crippen LogP contribution in [0, 0.1) is 0 Å². The summed E-state index contributed by atoms with van der Waals surface area (Å²) < 4.78 is 12.5. The number of rotatable bonds is 5. The van der Waals surface area contributed by atoms with Crippen molar-refractivity contribution in [3.63, 3.8) is 0 Å². The standard InChI is InChI=1S/C11H12BrN3O3S/c1-17-5-8-10(11(16)18-2)13-14-15(8)4-7-3-9(12)19-6-7/h3,6H,4-5H2,1-2H3. The zero-order valence-electron chi connectivity index (χ0n) is 10.4. The third-order valence-corrected chi connectivity index (χ3v) is 4.00. The lowest BCUT2D eigenvalue weighted by atomic mass is 10.3. The van der Waals surface area contributed by atoms with E-state index in [1.165, 1.54) is 7.11 Å². The van der Waals surface area contributed by atoms with Crippen molar-refractivity contribution in [2.24, 2.45) is 0 Å². The normalized spacial score (nSPS) is 10.7. The molecule has 0 aromatic carbocycles. The molecule has 2 rings (SSSR count). The van der Waals surface area contributed by atoms with Gasteiger partial charge in [0.25, 0.3) is 0 Å². The second-order valence-corrected chi connectivity index (χ2v) is 6.02. The Kier molecular flexibility index (Phi) is 4.67. The molecule has 0 unspecified atom stereocenters. The van der Waals surface area contributed by atoms with Gasteiger partial charge in [-0.3, -0.25) is 0 Å². The van der Waals surface area contributed by atoms with Crippen molar-refractivity contribution in [3.8, 4) is 0 Å². The molecule has 0 aliphatic heterocycles. The molecular formula is C11H12BrN3O3S. The molecule has 6 nitrogen and oxygen atoms in total. The van der Waals surface area contributed by atoms with Crippen molar-refractivity contribution in [3.05, 3.63) is 32.2 Å². The molecule has 0 atom stereocenters. The van der Waals surface area contributed by atoms with Gasteiger partial charge in [-0.15, -0.1) is 16.4 Å². The molecule has 102 valence electrons. The third-order valence-electron chi connectivity index (χ3n) is 2.45. The van der Waals surface area contributed by atoms with Crippen LogP contribution in [0.3, 0.4) is 0 Å². The molecule has 0 saturated heterocycles. The zero-order valence-corrected chi connectivity index (χ0v) is 12.8. The summed E-state index contributed by atoms with van der Waals surface area (Å²) in [5.74, 6) is -0.509. The van der Waals surface area contributed by atoms with Crippen LogP contribution in [0.5, 0.6) is 0 Å². The van der Waals surface area contributed by atoms with E-state index in [9.17, 15) is 4.79 Å². The third kappa shape index (κ3) is 3.20. The molecule has 0 aliphatic rings. The van der Waals surface area contributed by atoms with E-state index in [0.717, 1.165) is 9.35 Å². The highest BCUT2D eigenvalue weighted by Gasteiger charge is 2.20. The molecule has 19 heavy (non-hydrogen) atoms. The van der Waals surface area contributed by atoms with Crippen LogP contribution < -0.4 is 0 Å². The fourth-order valence-electron chi connectivity index (χ4n) is 1.60. The summed E-state index contributed by atoms with van der Waals surface area (Å²) in [5, 5.41) is 9.86. The molecule has 2 aromatic heterocycles. The van der Waals surface area contributed by atoms with Gasteiger partial charge in [-0.1, -0.05) is 5.21 Å². The maximum absolute atomic E-state index is 11.6. The van der Waals surface area contributed by atoms with E-state index in [4.69, 9.17) is 4.74 Å². The van der Waals surface area contributed by atoms with Crippen molar-refractivity contribution in [1.29, 1.82) is 0 Å². The summed E-state index contributed by atoms with van der Waals surface area (Å²) in [4.78, 5) is 11.6. The number of methoxy groups -OCH3 is 2. The Hall–Kier alpha value is -1.25. The molecule has 2 aromatic rings. The monoisotopic (exact) mass is 345 g/mol. The number of halogens is 1. The Morgan fingerprint density at radius 1 is 1.53 bits per heavy atom. The van der Waals surface area contributed by atoms with Crippen LogP contribution in [0.25, 0.3) is 0 Å². The van der Waals surface area contributed by atoms with E-state index >= 15 is 0 Å². The van der Waals surface area contributed by atoms with E-state index in [2.05, 4.69) is 31.0 Å². The quantitative estimate of drug-likeness (QED) is 0.776.